The molecule has 3 atom stereocenters. The Hall–Kier alpha value is -1.75. The van der Waals surface area contributed by atoms with E-state index in [-0.39, 0.29) is 0 Å². The molecule has 1 aromatic carbocycles. The van der Waals surface area contributed by atoms with Crippen LogP contribution in [0, 0.1) is 5.92 Å². The number of benzene rings is 1. The lowest BCUT2D eigenvalue weighted by atomic mass is 9.90. The molecule has 0 bridgehead atoms. The van der Waals surface area contributed by atoms with Gasteiger partial charge in [0.25, 0.3) is 0 Å². The van der Waals surface area contributed by atoms with E-state index in [4.69, 9.17) is 19.2 Å². The average Bonchev–Trinajstić information content (AvgIpc) is 2.55. The van der Waals surface area contributed by atoms with E-state index in [0.29, 0.717) is 35.3 Å². The number of likely N-dealkylation sites (tertiary alicyclic amines) is 1. The third kappa shape index (κ3) is 3.96. The maximum atomic E-state index is 5.39. The Labute approximate surface area is 139 Å². The summed E-state index contributed by atoms with van der Waals surface area (Å²) in [6.45, 7) is 5.60. The number of aliphatic imine (C=N–C) groups is 1. The highest BCUT2D eigenvalue weighted by atomic mass is 16.5. The van der Waals surface area contributed by atoms with Crippen LogP contribution >= 0.6 is 0 Å². The van der Waals surface area contributed by atoms with E-state index in [9.17, 15) is 0 Å². The zero-order valence-corrected chi connectivity index (χ0v) is 15.0. The summed E-state index contributed by atoms with van der Waals surface area (Å²) in [5.74, 6) is 2.46. The highest BCUT2D eigenvalue weighted by Gasteiger charge is 2.28. The first-order valence-electron chi connectivity index (χ1n) is 8.03. The van der Waals surface area contributed by atoms with Crippen molar-refractivity contribution in [3.05, 3.63) is 17.7 Å². The molecule has 1 saturated heterocycles. The van der Waals surface area contributed by atoms with Crippen molar-refractivity contribution >= 4 is 6.21 Å². The van der Waals surface area contributed by atoms with Gasteiger partial charge in [0.15, 0.2) is 11.5 Å². The Kier molecular flexibility index (Phi) is 5.88. The molecule has 0 N–H and O–H groups in total. The van der Waals surface area contributed by atoms with Gasteiger partial charge in [-0.15, -0.1) is 0 Å². The minimum atomic E-state index is 0.347. The summed E-state index contributed by atoms with van der Waals surface area (Å²) in [6, 6.07) is 4.76. The molecular formula is C18H28N2O3. The Morgan fingerprint density at radius 2 is 1.70 bits per heavy atom. The first kappa shape index (κ1) is 17.6. The van der Waals surface area contributed by atoms with Gasteiger partial charge >= 0.3 is 0 Å². The van der Waals surface area contributed by atoms with Crippen molar-refractivity contribution in [2.75, 3.05) is 34.9 Å². The normalized spacial score (nSPS) is 25.6. The van der Waals surface area contributed by atoms with Gasteiger partial charge in [-0.05, 0) is 44.0 Å². The first-order chi connectivity index (χ1) is 11.0. The van der Waals surface area contributed by atoms with Crippen molar-refractivity contribution in [3.8, 4) is 17.2 Å². The lowest BCUT2D eigenvalue weighted by Crippen LogP contribution is -2.44. The highest BCUT2D eigenvalue weighted by molar-refractivity contribution is 5.82. The molecule has 0 saturated carbocycles. The summed E-state index contributed by atoms with van der Waals surface area (Å²) in [5.41, 5.74) is 0.957. The number of piperidine rings is 1. The quantitative estimate of drug-likeness (QED) is 0.783. The monoisotopic (exact) mass is 320 g/mol. The maximum Gasteiger partial charge on any atom is 0.203 e. The van der Waals surface area contributed by atoms with Crippen molar-refractivity contribution in [2.24, 2.45) is 10.9 Å². The van der Waals surface area contributed by atoms with Crippen molar-refractivity contribution in [2.45, 2.75) is 32.4 Å². The molecule has 1 heterocycles. The van der Waals surface area contributed by atoms with Crippen LogP contribution in [-0.4, -0.2) is 58.1 Å². The molecule has 0 aliphatic carbocycles. The second-order valence-electron chi connectivity index (χ2n) is 6.31. The van der Waals surface area contributed by atoms with E-state index < -0.39 is 0 Å². The largest absolute Gasteiger partial charge is 0.493 e. The third-order valence-electron chi connectivity index (χ3n) is 4.67. The first-order valence-corrected chi connectivity index (χ1v) is 8.03. The Morgan fingerprint density at radius 3 is 2.22 bits per heavy atom. The fourth-order valence-corrected chi connectivity index (χ4v) is 3.08. The molecule has 5 heteroatoms. The van der Waals surface area contributed by atoms with Crippen LogP contribution in [0.5, 0.6) is 17.2 Å². The van der Waals surface area contributed by atoms with Gasteiger partial charge in [0.2, 0.25) is 5.75 Å². The van der Waals surface area contributed by atoms with Crippen molar-refractivity contribution in [3.63, 3.8) is 0 Å². The second-order valence-corrected chi connectivity index (χ2v) is 6.31. The number of nitrogens with zero attached hydrogens (tertiary/aromatic N) is 2. The Morgan fingerprint density at radius 1 is 1.09 bits per heavy atom. The number of hydrogen-bond acceptors (Lipinski definition) is 5. The third-order valence-corrected chi connectivity index (χ3v) is 4.67. The standard InChI is InChI=1S/C18H28N2O3/c1-12-11-20(3)13(2)7-15(12)19-10-14-8-16(21-4)18(23-6)17(9-14)22-5/h8-10,12-13,15H,7,11H2,1-6H3. The van der Waals surface area contributed by atoms with Gasteiger partial charge in [-0.3, -0.25) is 4.99 Å². The van der Waals surface area contributed by atoms with E-state index in [1.54, 1.807) is 21.3 Å². The minimum absolute atomic E-state index is 0.347. The number of methoxy groups -OCH3 is 3. The average molecular weight is 320 g/mol. The van der Waals surface area contributed by atoms with Gasteiger partial charge in [-0.2, -0.15) is 0 Å². The summed E-state index contributed by atoms with van der Waals surface area (Å²) < 4.78 is 16.1. The fourth-order valence-electron chi connectivity index (χ4n) is 3.08. The predicted octanol–water partition coefficient (Wildman–Crippen LogP) is 2.86. The summed E-state index contributed by atoms with van der Waals surface area (Å²) in [5, 5.41) is 0. The van der Waals surface area contributed by atoms with Crippen LogP contribution in [0.4, 0.5) is 0 Å². The van der Waals surface area contributed by atoms with Gasteiger partial charge in [-0.1, -0.05) is 6.92 Å². The molecule has 3 unspecified atom stereocenters. The molecule has 1 aliphatic rings. The van der Waals surface area contributed by atoms with Gasteiger partial charge in [0.05, 0.1) is 27.4 Å². The van der Waals surface area contributed by atoms with Crippen molar-refractivity contribution in [1.29, 1.82) is 0 Å². The molecule has 2 rings (SSSR count). The fraction of sp³-hybridized carbons (Fsp3) is 0.611. The molecule has 1 aromatic rings. The molecule has 5 nitrogen and oxygen atoms in total. The minimum Gasteiger partial charge on any atom is -0.493 e. The molecular weight excluding hydrogens is 292 g/mol. The topological polar surface area (TPSA) is 43.3 Å². The summed E-state index contributed by atoms with van der Waals surface area (Å²) in [4.78, 5) is 7.22. The molecule has 0 aromatic heterocycles. The van der Waals surface area contributed by atoms with Gasteiger partial charge in [0.1, 0.15) is 0 Å². The Bertz CT molecular complexity index is 534. The number of rotatable bonds is 5. The summed E-state index contributed by atoms with van der Waals surface area (Å²) >= 11 is 0. The lowest BCUT2D eigenvalue weighted by Gasteiger charge is -2.37. The molecule has 0 spiro atoms. The second kappa shape index (κ2) is 7.68. The zero-order chi connectivity index (χ0) is 17.0. The molecule has 0 radical (unpaired) electrons. The summed E-state index contributed by atoms with van der Waals surface area (Å²) in [7, 11) is 7.04. The summed E-state index contributed by atoms with van der Waals surface area (Å²) in [6.07, 6.45) is 3.00. The number of ether oxygens (including phenoxy) is 3. The van der Waals surface area contributed by atoms with E-state index in [1.807, 2.05) is 18.3 Å². The van der Waals surface area contributed by atoms with E-state index in [1.165, 1.54) is 0 Å². The Balaban J connectivity index is 2.22. The van der Waals surface area contributed by atoms with Crippen LogP contribution in [0.1, 0.15) is 25.8 Å². The smallest absolute Gasteiger partial charge is 0.203 e. The molecule has 128 valence electrons. The predicted molar refractivity (Wildman–Crippen MR) is 93.4 cm³/mol. The van der Waals surface area contributed by atoms with E-state index in [0.717, 1.165) is 18.5 Å². The molecule has 1 aliphatic heterocycles. The van der Waals surface area contributed by atoms with Crippen LogP contribution in [0.3, 0.4) is 0 Å². The van der Waals surface area contributed by atoms with Crippen LogP contribution in [-0.2, 0) is 0 Å². The maximum absolute atomic E-state index is 5.39. The van der Waals surface area contributed by atoms with Crippen LogP contribution < -0.4 is 14.2 Å². The van der Waals surface area contributed by atoms with E-state index >= 15 is 0 Å². The van der Waals surface area contributed by atoms with Gasteiger partial charge in [0, 0.05) is 18.8 Å². The van der Waals surface area contributed by atoms with Crippen LogP contribution in [0.15, 0.2) is 17.1 Å². The lowest BCUT2D eigenvalue weighted by molar-refractivity contribution is 0.139. The van der Waals surface area contributed by atoms with Crippen molar-refractivity contribution in [1.82, 2.24) is 4.90 Å². The van der Waals surface area contributed by atoms with Crippen molar-refractivity contribution < 1.29 is 14.2 Å². The molecule has 0 amide bonds. The van der Waals surface area contributed by atoms with Crippen LogP contribution in [0.2, 0.25) is 0 Å². The zero-order valence-electron chi connectivity index (χ0n) is 15.0. The molecule has 23 heavy (non-hydrogen) atoms. The molecule has 1 fully saturated rings. The van der Waals surface area contributed by atoms with E-state index in [2.05, 4.69) is 25.8 Å². The SMILES string of the molecule is COc1cc(C=NC2CC(C)N(C)CC2C)cc(OC)c1OC. The number of hydrogen-bond donors (Lipinski definition) is 0. The van der Waals surface area contributed by atoms with Crippen LogP contribution in [0.25, 0.3) is 0 Å². The highest BCUT2D eigenvalue weighted by Crippen LogP contribution is 2.37. The van der Waals surface area contributed by atoms with Gasteiger partial charge in [-0.25, -0.2) is 0 Å². The van der Waals surface area contributed by atoms with Gasteiger partial charge < -0.3 is 19.1 Å².